The monoisotopic (exact) mass is 373 g/mol. The molecule has 0 bridgehead atoms. The molecule has 1 atom stereocenters. The number of fused-ring (bicyclic) bond motifs is 1. The van der Waals surface area contributed by atoms with E-state index in [9.17, 15) is 9.59 Å². The minimum atomic E-state index is -0.0692. The van der Waals surface area contributed by atoms with Crippen LogP contribution in [0.3, 0.4) is 0 Å². The number of ether oxygens (including phenoxy) is 2. The van der Waals surface area contributed by atoms with Crippen LogP contribution in [-0.2, 0) is 4.79 Å². The summed E-state index contributed by atoms with van der Waals surface area (Å²) in [5, 5.41) is 2.84. The smallest absolute Gasteiger partial charge is 0.254 e. The average Bonchev–Trinajstić information content (AvgIpc) is 3.39. The van der Waals surface area contributed by atoms with Gasteiger partial charge in [0.1, 0.15) is 0 Å². The summed E-state index contributed by atoms with van der Waals surface area (Å²) in [6.07, 6.45) is 4.66. The molecule has 4 rings (SSSR count). The molecule has 2 aliphatic heterocycles. The maximum Gasteiger partial charge on any atom is 0.254 e. The Labute approximate surface area is 159 Å². The van der Waals surface area contributed by atoms with Crippen LogP contribution in [0.4, 0.5) is 0 Å². The molecule has 7 nitrogen and oxygen atoms in total. The Balaban J connectivity index is 1.40. The molecule has 27 heavy (non-hydrogen) atoms. The summed E-state index contributed by atoms with van der Waals surface area (Å²) in [7, 11) is 1.71. The van der Waals surface area contributed by atoms with Crippen LogP contribution >= 0.6 is 0 Å². The molecule has 2 heterocycles. The average molecular weight is 373 g/mol. The van der Waals surface area contributed by atoms with Gasteiger partial charge in [-0.15, -0.1) is 0 Å². The topological polar surface area (TPSA) is 71.1 Å². The molecule has 7 heteroatoms. The number of nitrogens with one attached hydrogen (secondary N) is 1. The molecule has 1 saturated carbocycles. The van der Waals surface area contributed by atoms with Crippen molar-refractivity contribution in [1.29, 1.82) is 0 Å². The predicted octanol–water partition coefficient (Wildman–Crippen LogP) is 1.48. The van der Waals surface area contributed by atoms with Gasteiger partial charge in [0.15, 0.2) is 11.5 Å². The van der Waals surface area contributed by atoms with Gasteiger partial charge in [-0.05, 0) is 37.0 Å². The van der Waals surface area contributed by atoms with Crippen molar-refractivity contribution in [2.45, 2.75) is 31.7 Å². The van der Waals surface area contributed by atoms with Crippen LogP contribution in [-0.4, -0.2) is 67.7 Å². The Kier molecular flexibility index (Phi) is 5.20. The highest BCUT2D eigenvalue weighted by Crippen LogP contribution is 2.33. The molecule has 2 amide bonds. The molecule has 0 aromatic heterocycles. The van der Waals surface area contributed by atoms with Gasteiger partial charge in [-0.25, -0.2) is 0 Å². The van der Waals surface area contributed by atoms with Crippen molar-refractivity contribution < 1.29 is 19.1 Å². The van der Waals surface area contributed by atoms with Crippen LogP contribution in [0.5, 0.6) is 11.5 Å². The van der Waals surface area contributed by atoms with Crippen LogP contribution in [0.2, 0.25) is 0 Å². The molecular weight excluding hydrogens is 346 g/mol. The number of benzene rings is 1. The number of nitrogens with zero attached hydrogens (tertiary/aromatic N) is 2. The van der Waals surface area contributed by atoms with Gasteiger partial charge >= 0.3 is 0 Å². The Bertz CT molecular complexity index is 709. The van der Waals surface area contributed by atoms with Gasteiger partial charge in [0.05, 0.1) is 6.04 Å². The van der Waals surface area contributed by atoms with E-state index >= 15 is 0 Å². The third-order valence-corrected chi connectivity index (χ3v) is 5.98. The van der Waals surface area contributed by atoms with Gasteiger partial charge in [-0.3, -0.25) is 14.5 Å². The number of rotatable bonds is 4. The summed E-state index contributed by atoms with van der Waals surface area (Å²) in [5.74, 6) is 1.85. The Morgan fingerprint density at radius 1 is 1.07 bits per heavy atom. The molecule has 1 saturated heterocycles. The first-order valence-corrected chi connectivity index (χ1v) is 9.82. The van der Waals surface area contributed by atoms with Gasteiger partial charge in [0.25, 0.3) is 5.91 Å². The zero-order chi connectivity index (χ0) is 18.8. The van der Waals surface area contributed by atoms with Crippen LogP contribution in [0, 0.1) is 5.92 Å². The fourth-order valence-electron chi connectivity index (χ4n) is 4.51. The van der Waals surface area contributed by atoms with Gasteiger partial charge in [-0.1, -0.05) is 12.8 Å². The lowest BCUT2D eigenvalue weighted by atomic mass is 9.95. The quantitative estimate of drug-likeness (QED) is 0.866. The normalized spacial score (nSPS) is 21.3. The van der Waals surface area contributed by atoms with E-state index in [1.165, 1.54) is 12.8 Å². The molecule has 1 unspecified atom stereocenters. The lowest BCUT2D eigenvalue weighted by molar-refractivity contribution is -0.128. The van der Waals surface area contributed by atoms with Gasteiger partial charge < -0.3 is 19.7 Å². The van der Waals surface area contributed by atoms with Crippen molar-refractivity contribution in [1.82, 2.24) is 15.1 Å². The number of hydrogen-bond acceptors (Lipinski definition) is 5. The number of carbonyl (C=O) groups excluding carboxylic acids is 2. The highest BCUT2D eigenvalue weighted by atomic mass is 16.7. The van der Waals surface area contributed by atoms with Gasteiger partial charge in [-0.2, -0.15) is 0 Å². The van der Waals surface area contributed by atoms with Crippen LogP contribution in [0.15, 0.2) is 18.2 Å². The van der Waals surface area contributed by atoms with Gasteiger partial charge in [0, 0.05) is 38.8 Å². The van der Waals surface area contributed by atoms with Crippen LogP contribution in [0.25, 0.3) is 0 Å². The van der Waals surface area contributed by atoms with Crippen molar-refractivity contribution in [3.63, 3.8) is 0 Å². The molecule has 2 fully saturated rings. The molecule has 0 spiro atoms. The number of likely N-dealkylation sites (N-methyl/N-ethyl adjacent to an activating group) is 1. The van der Waals surface area contributed by atoms with E-state index in [0.717, 1.165) is 25.9 Å². The van der Waals surface area contributed by atoms with E-state index in [4.69, 9.17) is 9.47 Å². The standard InChI is InChI=1S/C20H27N3O4/c1-21-19(24)18(14-4-2-3-5-14)22-8-10-23(11-9-22)20(25)15-6-7-16-17(12-15)27-13-26-16/h6-7,12,14,18H,2-5,8-11,13H2,1H3,(H,21,24). The summed E-state index contributed by atoms with van der Waals surface area (Å²) in [5.41, 5.74) is 0.617. The van der Waals surface area contributed by atoms with E-state index in [2.05, 4.69) is 10.2 Å². The number of piperazine rings is 1. The second-order valence-electron chi connectivity index (χ2n) is 7.50. The second kappa shape index (κ2) is 7.76. The van der Waals surface area contributed by atoms with E-state index in [1.54, 1.807) is 25.2 Å². The first-order valence-electron chi connectivity index (χ1n) is 9.82. The van der Waals surface area contributed by atoms with Crippen molar-refractivity contribution in [3.8, 4) is 11.5 Å². The zero-order valence-corrected chi connectivity index (χ0v) is 15.8. The van der Waals surface area contributed by atoms with Crippen molar-refractivity contribution >= 4 is 11.8 Å². The zero-order valence-electron chi connectivity index (χ0n) is 15.8. The first-order chi connectivity index (χ1) is 13.2. The second-order valence-corrected chi connectivity index (χ2v) is 7.50. The first kappa shape index (κ1) is 18.1. The van der Waals surface area contributed by atoms with Crippen molar-refractivity contribution in [2.24, 2.45) is 5.92 Å². The van der Waals surface area contributed by atoms with Gasteiger partial charge in [0.2, 0.25) is 12.7 Å². The summed E-state index contributed by atoms with van der Waals surface area (Å²) >= 11 is 0. The van der Waals surface area contributed by atoms with Crippen LogP contribution < -0.4 is 14.8 Å². The minimum Gasteiger partial charge on any atom is -0.454 e. The van der Waals surface area contributed by atoms with Crippen LogP contribution in [0.1, 0.15) is 36.0 Å². The summed E-state index contributed by atoms with van der Waals surface area (Å²) in [6, 6.07) is 5.25. The third kappa shape index (κ3) is 3.60. The Morgan fingerprint density at radius 2 is 1.78 bits per heavy atom. The lowest BCUT2D eigenvalue weighted by Gasteiger charge is -2.40. The van der Waals surface area contributed by atoms with E-state index in [1.807, 2.05) is 4.90 Å². The van der Waals surface area contributed by atoms with E-state index in [0.29, 0.717) is 36.1 Å². The lowest BCUT2D eigenvalue weighted by Crippen LogP contribution is -2.57. The highest BCUT2D eigenvalue weighted by molar-refractivity contribution is 5.95. The summed E-state index contributed by atoms with van der Waals surface area (Å²) < 4.78 is 10.7. The molecule has 1 aromatic rings. The third-order valence-electron chi connectivity index (χ3n) is 5.98. The van der Waals surface area contributed by atoms with E-state index < -0.39 is 0 Å². The molecule has 1 aliphatic carbocycles. The van der Waals surface area contributed by atoms with Crippen molar-refractivity contribution in [2.75, 3.05) is 40.0 Å². The highest BCUT2D eigenvalue weighted by Gasteiger charge is 2.37. The molecule has 0 radical (unpaired) electrons. The molecule has 146 valence electrons. The van der Waals surface area contributed by atoms with Crippen molar-refractivity contribution in [3.05, 3.63) is 23.8 Å². The van der Waals surface area contributed by atoms with E-state index in [-0.39, 0.29) is 24.6 Å². The fraction of sp³-hybridized carbons (Fsp3) is 0.600. The molecule has 1 N–H and O–H groups in total. The Morgan fingerprint density at radius 3 is 2.48 bits per heavy atom. The maximum absolute atomic E-state index is 12.9. The fourth-order valence-corrected chi connectivity index (χ4v) is 4.51. The Hall–Kier alpha value is -2.28. The predicted molar refractivity (Wildman–Crippen MR) is 99.9 cm³/mol. The minimum absolute atomic E-state index is 0.00492. The summed E-state index contributed by atoms with van der Waals surface area (Å²) in [4.78, 5) is 29.5. The number of hydrogen-bond donors (Lipinski definition) is 1. The molecular formula is C20H27N3O4. The summed E-state index contributed by atoms with van der Waals surface area (Å²) in [6.45, 7) is 2.92. The number of carbonyl (C=O) groups is 2. The number of amides is 2. The molecule has 1 aromatic carbocycles. The molecule has 3 aliphatic rings. The largest absolute Gasteiger partial charge is 0.454 e. The maximum atomic E-state index is 12.9. The SMILES string of the molecule is CNC(=O)C(C1CCCC1)N1CCN(C(=O)c2ccc3c(c2)OCO3)CC1.